The molecule has 0 saturated heterocycles. The first kappa shape index (κ1) is 14.3. The van der Waals surface area contributed by atoms with Gasteiger partial charge in [0.05, 0.1) is 0 Å². The average molecular weight is 325 g/mol. The summed E-state index contributed by atoms with van der Waals surface area (Å²) in [5, 5.41) is 3.08. The zero-order valence-corrected chi connectivity index (χ0v) is 13.6. The molecule has 4 bridgehead atoms. The number of carbonyl (C=O) groups excluding carboxylic acids is 1. The first-order valence-electron chi connectivity index (χ1n) is 6.93. The van der Waals surface area contributed by atoms with Gasteiger partial charge in [0.25, 0.3) is 9.70 Å². The van der Waals surface area contributed by atoms with Crippen LogP contribution in [0.4, 0.5) is 0 Å². The van der Waals surface area contributed by atoms with Crippen LogP contribution in [0.2, 0.25) is 0 Å². The number of amides is 1. The zero-order chi connectivity index (χ0) is 14.1. The van der Waals surface area contributed by atoms with Crippen LogP contribution >= 0.6 is 34.8 Å². The van der Waals surface area contributed by atoms with Crippen LogP contribution in [0, 0.1) is 16.7 Å². The highest BCUT2D eigenvalue weighted by atomic mass is 35.6. The maximum atomic E-state index is 12.1. The third-order valence-electron chi connectivity index (χ3n) is 5.26. The summed E-state index contributed by atoms with van der Waals surface area (Å²) in [5.41, 5.74) is 0.536. The van der Waals surface area contributed by atoms with Gasteiger partial charge >= 0.3 is 0 Å². The number of hydrogen-bond donors (Lipinski definition) is 1. The number of hydrogen-bond acceptors (Lipinski definition) is 1. The first-order chi connectivity index (χ1) is 8.53. The second kappa shape index (κ2) is 3.96. The molecule has 5 heteroatoms. The van der Waals surface area contributed by atoms with Crippen LogP contribution in [0.25, 0.3) is 0 Å². The number of halogens is 3. The topological polar surface area (TPSA) is 29.1 Å². The smallest absolute Gasteiger partial charge is 0.272 e. The van der Waals surface area contributed by atoms with Crippen LogP contribution < -0.4 is 5.32 Å². The molecule has 4 aliphatic rings. The molecular weight excluding hydrogens is 305 g/mol. The minimum atomic E-state index is -1.86. The second-order valence-corrected chi connectivity index (χ2v) is 10.1. The molecule has 108 valence electrons. The lowest BCUT2D eigenvalue weighted by Crippen LogP contribution is -2.66. The van der Waals surface area contributed by atoms with E-state index in [1.165, 1.54) is 19.3 Å². The fourth-order valence-corrected chi connectivity index (χ4v) is 6.04. The van der Waals surface area contributed by atoms with Gasteiger partial charge < -0.3 is 5.32 Å². The van der Waals surface area contributed by atoms with Crippen LogP contribution in [-0.2, 0) is 4.79 Å². The van der Waals surface area contributed by atoms with Gasteiger partial charge in [-0.15, -0.1) is 0 Å². The minimum absolute atomic E-state index is 0.149. The van der Waals surface area contributed by atoms with Crippen molar-refractivity contribution in [1.82, 2.24) is 5.32 Å². The van der Waals surface area contributed by atoms with Crippen molar-refractivity contribution in [2.75, 3.05) is 0 Å². The summed E-state index contributed by atoms with van der Waals surface area (Å²) in [6.07, 6.45) is 6.94. The largest absolute Gasteiger partial charge is 0.347 e. The van der Waals surface area contributed by atoms with E-state index in [9.17, 15) is 4.79 Å². The Morgan fingerprint density at radius 3 is 2.00 bits per heavy atom. The van der Waals surface area contributed by atoms with E-state index >= 15 is 0 Å². The number of nitrogens with one attached hydrogen (secondary N) is 1. The molecule has 19 heavy (non-hydrogen) atoms. The molecule has 2 nitrogen and oxygen atoms in total. The van der Waals surface area contributed by atoms with Crippen molar-refractivity contribution in [2.45, 2.75) is 61.7 Å². The molecule has 4 aliphatic carbocycles. The molecule has 0 aromatic carbocycles. The van der Waals surface area contributed by atoms with Crippen molar-refractivity contribution in [2.24, 2.45) is 16.7 Å². The van der Waals surface area contributed by atoms with Crippen molar-refractivity contribution in [3.05, 3.63) is 0 Å². The Morgan fingerprint density at radius 1 is 1.05 bits per heavy atom. The Labute approximate surface area is 129 Å². The quantitative estimate of drug-likeness (QED) is 0.719. The van der Waals surface area contributed by atoms with E-state index in [0.29, 0.717) is 16.7 Å². The summed E-state index contributed by atoms with van der Waals surface area (Å²) >= 11 is 17.1. The molecule has 0 aromatic heterocycles. The fourth-order valence-electron chi connectivity index (χ4n) is 5.90. The van der Waals surface area contributed by atoms with E-state index in [1.807, 2.05) is 0 Å². The summed E-state index contributed by atoms with van der Waals surface area (Å²) in [6, 6.07) is 0. The van der Waals surface area contributed by atoms with Crippen molar-refractivity contribution >= 4 is 40.7 Å². The Morgan fingerprint density at radius 2 is 1.58 bits per heavy atom. The minimum Gasteiger partial charge on any atom is -0.347 e. The monoisotopic (exact) mass is 323 g/mol. The van der Waals surface area contributed by atoms with Gasteiger partial charge in [0.1, 0.15) is 0 Å². The molecule has 4 rings (SSSR count). The predicted octanol–water partition coefficient (Wildman–Crippen LogP) is 4.22. The normalized spacial score (nSPS) is 48.4. The highest BCUT2D eigenvalue weighted by Crippen LogP contribution is 2.66. The van der Waals surface area contributed by atoms with Gasteiger partial charge in [-0.05, 0) is 55.3 Å². The van der Waals surface area contributed by atoms with Crippen molar-refractivity contribution in [3.8, 4) is 0 Å². The highest BCUT2D eigenvalue weighted by Gasteiger charge is 2.61. The second-order valence-electron chi connectivity index (χ2n) is 7.86. The van der Waals surface area contributed by atoms with Crippen molar-refractivity contribution in [1.29, 1.82) is 0 Å². The van der Waals surface area contributed by atoms with Gasteiger partial charge in [-0.1, -0.05) is 48.7 Å². The van der Waals surface area contributed by atoms with Gasteiger partial charge in [-0.3, -0.25) is 4.79 Å². The van der Waals surface area contributed by atoms with Gasteiger partial charge in [0, 0.05) is 5.54 Å². The van der Waals surface area contributed by atoms with Gasteiger partial charge in [-0.25, -0.2) is 0 Å². The lowest BCUT2D eigenvalue weighted by Gasteiger charge is -2.65. The van der Waals surface area contributed by atoms with E-state index in [0.717, 1.165) is 19.3 Å². The average Bonchev–Trinajstić information content (AvgIpc) is 2.07. The standard InChI is InChI=1S/C14H20Cl3NO/c1-11-3-9-4-12(2,6-11)8-13(5-9,7-11)18-10(19)14(15,16)17/h9H,3-8H2,1-2H3,(H,18,19). The molecule has 2 unspecified atom stereocenters. The summed E-state index contributed by atoms with van der Waals surface area (Å²) < 4.78 is -1.86. The maximum absolute atomic E-state index is 12.1. The number of alkyl halides is 3. The van der Waals surface area contributed by atoms with Crippen LogP contribution in [0.1, 0.15) is 52.4 Å². The van der Waals surface area contributed by atoms with Crippen LogP contribution in [-0.4, -0.2) is 15.2 Å². The lowest BCUT2D eigenvalue weighted by atomic mass is 9.43. The van der Waals surface area contributed by atoms with Crippen LogP contribution in [0.3, 0.4) is 0 Å². The Bertz CT molecular complexity index is 413. The molecule has 0 heterocycles. The molecule has 4 saturated carbocycles. The van der Waals surface area contributed by atoms with Crippen molar-refractivity contribution < 1.29 is 4.79 Å². The zero-order valence-electron chi connectivity index (χ0n) is 11.4. The van der Waals surface area contributed by atoms with E-state index in [-0.39, 0.29) is 5.54 Å². The molecule has 4 fully saturated rings. The summed E-state index contributed by atoms with van der Waals surface area (Å²) in [7, 11) is 0. The SMILES string of the molecule is CC12CC3CC(C)(C1)CC(NC(=O)C(Cl)(Cl)Cl)(C3)C2. The summed E-state index contributed by atoms with van der Waals surface area (Å²) in [4.78, 5) is 12.1. The number of rotatable bonds is 1. The summed E-state index contributed by atoms with van der Waals surface area (Å²) in [5.74, 6) is 0.244. The molecule has 0 spiro atoms. The Kier molecular flexibility index (Phi) is 2.97. The van der Waals surface area contributed by atoms with E-state index in [1.54, 1.807) is 0 Å². The molecular formula is C14H20Cl3NO. The number of carbonyl (C=O) groups is 1. The molecule has 0 radical (unpaired) electrons. The Balaban J connectivity index is 1.87. The van der Waals surface area contributed by atoms with Crippen LogP contribution in [0.15, 0.2) is 0 Å². The predicted molar refractivity (Wildman–Crippen MR) is 78.6 cm³/mol. The van der Waals surface area contributed by atoms with E-state index in [2.05, 4.69) is 19.2 Å². The molecule has 2 atom stereocenters. The van der Waals surface area contributed by atoms with Gasteiger partial charge in [0.15, 0.2) is 0 Å². The van der Waals surface area contributed by atoms with Gasteiger partial charge in [-0.2, -0.15) is 0 Å². The third-order valence-corrected chi connectivity index (χ3v) is 5.78. The lowest BCUT2D eigenvalue weighted by molar-refractivity contribution is -0.139. The third kappa shape index (κ3) is 2.49. The molecule has 1 amide bonds. The highest BCUT2D eigenvalue weighted by molar-refractivity contribution is 6.76. The first-order valence-corrected chi connectivity index (χ1v) is 8.06. The Hall–Kier alpha value is 0.340. The van der Waals surface area contributed by atoms with Gasteiger partial charge in [0.2, 0.25) is 0 Å². The molecule has 0 aliphatic heterocycles. The molecule has 0 aromatic rings. The molecule has 1 N–H and O–H groups in total. The van der Waals surface area contributed by atoms with Crippen molar-refractivity contribution in [3.63, 3.8) is 0 Å². The maximum Gasteiger partial charge on any atom is 0.272 e. The summed E-state index contributed by atoms with van der Waals surface area (Å²) in [6.45, 7) is 4.71. The van der Waals surface area contributed by atoms with E-state index < -0.39 is 9.70 Å². The van der Waals surface area contributed by atoms with Crippen LogP contribution in [0.5, 0.6) is 0 Å². The fraction of sp³-hybridized carbons (Fsp3) is 0.929. The van der Waals surface area contributed by atoms with E-state index in [4.69, 9.17) is 34.8 Å².